The Morgan fingerprint density at radius 1 is 0.862 bits per heavy atom. The molecule has 0 aliphatic carbocycles. The molecule has 0 aliphatic heterocycles. The Balaban J connectivity index is 1.80. The van der Waals surface area contributed by atoms with Gasteiger partial charge in [-0.15, -0.1) is 0 Å². The number of fused-ring (bicyclic) bond motifs is 3. The molecular weight excluding hydrogens is 516 g/mol. The Labute approximate surface area is 187 Å². The lowest BCUT2D eigenvalue weighted by Crippen LogP contribution is -2.15. The molecule has 0 bridgehead atoms. The first-order valence-corrected chi connectivity index (χ1v) is 12.2. The van der Waals surface area contributed by atoms with Crippen LogP contribution in [0.2, 0.25) is 0 Å². The van der Waals surface area contributed by atoms with Crippen molar-refractivity contribution in [1.82, 2.24) is 4.98 Å². The summed E-state index contributed by atoms with van der Waals surface area (Å²) in [5.41, 5.74) is 3.24. The minimum absolute atomic E-state index is 0.0369. The van der Waals surface area contributed by atoms with Gasteiger partial charge in [-0.05, 0) is 53.4 Å². The summed E-state index contributed by atoms with van der Waals surface area (Å²) >= 11 is 7.01. The number of hydrogen-bond acceptors (Lipinski definition) is 2. The zero-order valence-corrected chi connectivity index (χ0v) is 20.2. The Hall–Kier alpha value is -1.83. The number of rotatable bonds is 3. The molecule has 0 spiro atoms. The van der Waals surface area contributed by atoms with Crippen molar-refractivity contribution in [2.24, 2.45) is 0 Å². The first-order valence-electron chi connectivity index (χ1n) is 9.08. The Kier molecular flexibility index (Phi) is 5.04. The monoisotopic (exact) mass is 534 g/mol. The fourth-order valence-corrected chi connectivity index (χ4v) is 5.24. The first-order chi connectivity index (χ1) is 13.5. The number of aromatic amines is 1. The summed E-state index contributed by atoms with van der Waals surface area (Å²) in [5.74, 6) is 0. The second-order valence-corrected chi connectivity index (χ2v) is 11.6. The minimum atomic E-state index is -3.73. The summed E-state index contributed by atoms with van der Waals surface area (Å²) in [4.78, 5) is 3.57. The SMILES string of the molecule is CC(C)(C)c1ccc(S(=O)(=O)Nc2cc(Br)cc3c2[nH]c2ccc(Br)cc23)cc1. The largest absolute Gasteiger partial charge is 0.353 e. The van der Waals surface area contributed by atoms with E-state index in [1.54, 1.807) is 18.2 Å². The van der Waals surface area contributed by atoms with Crippen molar-refractivity contribution in [3.63, 3.8) is 0 Å². The van der Waals surface area contributed by atoms with E-state index in [4.69, 9.17) is 0 Å². The average Bonchev–Trinajstić information content (AvgIpc) is 2.99. The molecule has 0 aliphatic rings. The zero-order valence-electron chi connectivity index (χ0n) is 16.2. The molecule has 4 rings (SSSR count). The number of anilines is 1. The molecular formula is C22H20Br2N2O2S. The van der Waals surface area contributed by atoms with Crippen LogP contribution in [0, 0.1) is 0 Å². The second kappa shape index (κ2) is 7.15. The molecule has 7 heteroatoms. The third-order valence-electron chi connectivity index (χ3n) is 4.91. The van der Waals surface area contributed by atoms with E-state index >= 15 is 0 Å². The molecule has 0 unspecified atom stereocenters. The number of H-pyrrole nitrogens is 1. The third kappa shape index (κ3) is 3.96. The van der Waals surface area contributed by atoms with Crippen LogP contribution < -0.4 is 4.72 Å². The molecule has 0 radical (unpaired) electrons. The lowest BCUT2D eigenvalue weighted by Gasteiger charge is -2.19. The molecule has 0 fully saturated rings. The predicted octanol–water partition coefficient (Wildman–Crippen LogP) is 6.94. The molecule has 2 N–H and O–H groups in total. The van der Waals surface area contributed by atoms with Crippen LogP contribution >= 0.6 is 31.9 Å². The van der Waals surface area contributed by atoms with Gasteiger partial charge in [0.15, 0.2) is 0 Å². The fraction of sp³-hybridized carbons (Fsp3) is 0.182. The van der Waals surface area contributed by atoms with Crippen LogP contribution in [0.25, 0.3) is 21.8 Å². The van der Waals surface area contributed by atoms with E-state index < -0.39 is 10.0 Å². The summed E-state index contributed by atoms with van der Waals surface area (Å²) < 4.78 is 30.6. The molecule has 1 aromatic heterocycles. The molecule has 0 amide bonds. The molecule has 150 valence electrons. The average molecular weight is 536 g/mol. The van der Waals surface area contributed by atoms with Gasteiger partial charge in [0.2, 0.25) is 0 Å². The predicted molar refractivity (Wildman–Crippen MR) is 127 cm³/mol. The normalized spacial score (nSPS) is 12.6. The van der Waals surface area contributed by atoms with Gasteiger partial charge in [0.1, 0.15) is 0 Å². The van der Waals surface area contributed by atoms with Crippen LogP contribution in [0.5, 0.6) is 0 Å². The van der Waals surface area contributed by atoms with Gasteiger partial charge in [-0.2, -0.15) is 0 Å². The molecule has 0 atom stereocenters. The molecule has 29 heavy (non-hydrogen) atoms. The highest BCUT2D eigenvalue weighted by molar-refractivity contribution is 9.10. The minimum Gasteiger partial charge on any atom is -0.353 e. The Morgan fingerprint density at radius 2 is 1.52 bits per heavy atom. The highest BCUT2D eigenvalue weighted by Crippen LogP contribution is 2.36. The van der Waals surface area contributed by atoms with Crippen molar-refractivity contribution >= 4 is 69.4 Å². The summed E-state index contributed by atoms with van der Waals surface area (Å²) in [6.45, 7) is 6.30. The lowest BCUT2D eigenvalue weighted by molar-refractivity contribution is 0.587. The topological polar surface area (TPSA) is 62.0 Å². The zero-order chi connectivity index (χ0) is 21.0. The van der Waals surface area contributed by atoms with E-state index in [2.05, 4.69) is 62.3 Å². The maximum Gasteiger partial charge on any atom is 0.261 e. The maximum atomic E-state index is 13.0. The maximum absolute atomic E-state index is 13.0. The van der Waals surface area contributed by atoms with Crippen LogP contribution in [-0.2, 0) is 15.4 Å². The molecule has 4 nitrogen and oxygen atoms in total. The van der Waals surface area contributed by atoms with E-state index in [0.29, 0.717) is 5.69 Å². The lowest BCUT2D eigenvalue weighted by atomic mass is 9.87. The highest BCUT2D eigenvalue weighted by atomic mass is 79.9. The standard InChI is InChI=1S/C22H20Br2N2O2S/c1-22(2,3)13-4-7-16(8-5-13)29(27,28)26-20-12-15(24)11-18-17-10-14(23)6-9-19(17)25-21(18)20/h4-12,25-26H,1-3H3. The van der Waals surface area contributed by atoms with Crippen molar-refractivity contribution in [1.29, 1.82) is 0 Å². The van der Waals surface area contributed by atoms with Gasteiger partial charge in [-0.3, -0.25) is 4.72 Å². The van der Waals surface area contributed by atoms with Gasteiger partial charge in [-0.25, -0.2) is 8.42 Å². The van der Waals surface area contributed by atoms with Crippen molar-refractivity contribution in [2.75, 3.05) is 4.72 Å². The molecule has 0 saturated carbocycles. The fourth-order valence-electron chi connectivity index (χ4n) is 3.36. The first kappa shape index (κ1) is 20.4. The van der Waals surface area contributed by atoms with Crippen molar-refractivity contribution in [3.05, 3.63) is 69.1 Å². The Bertz CT molecular complexity index is 1340. The van der Waals surface area contributed by atoms with Crippen molar-refractivity contribution in [3.8, 4) is 0 Å². The molecule has 1 heterocycles. The van der Waals surface area contributed by atoms with E-state index in [1.807, 2.05) is 36.4 Å². The molecule has 4 aromatic rings. The number of halogens is 2. The van der Waals surface area contributed by atoms with Gasteiger partial charge in [-0.1, -0.05) is 64.8 Å². The van der Waals surface area contributed by atoms with Gasteiger partial charge in [0.05, 0.1) is 16.1 Å². The summed E-state index contributed by atoms with van der Waals surface area (Å²) in [5, 5.41) is 1.96. The molecule has 0 saturated heterocycles. The smallest absolute Gasteiger partial charge is 0.261 e. The summed E-state index contributed by atoms with van der Waals surface area (Å²) in [6.07, 6.45) is 0. The second-order valence-electron chi connectivity index (χ2n) is 8.07. The van der Waals surface area contributed by atoms with Gasteiger partial charge in [0.25, 0.3) is 10.0 Å². The quantitative estimate of drug-likeness (QED) is 0.298. The van der Waals surface area contributed by atoms with Crippen molar-refractivity contribution in [2.45, 2.75) is 31.1 Å². The number of benzene rings is 3. The van der Waals surface area contributed by atoms with Crippen LogP contribution in [0.3, 0.4) is 0 Å². The van der Waals surface area contributed by atoms with Crippen LogP contribution in [-0.4, -0.2) is 13.4 Å². The highest BCUT2D eigenvalue weighted by Gasteiger charge is 2.20. The number of sulfonamides is 1. The van der Waals surface area contributed by atoms with Crippen LogP contribution in [0.15, 0.2) is 68.4 Å². The number of hydrogen-bond donors (Lipinski definition) is 2. The summed E-state index contributed by atoms with van der Waals surface area (Å²) in [6, 6.07) is 16.7. The summed E-state index contributed by atoms with van der Waals surface area (Å²) in [7, 11) is -3.73. The number of aromatic nitrogens is 1. The van der Waals surface area contributed by atoms with Gasteiger partial charge < -0.3 is 4.98 Å². The van der Waals surface area contributed by atoms with E-state index in [-0.39, 0.29) is 10.3 Å². The van der Waals surface area contributed by atoms with Crippen molar-refractivity contribution < 1.29 is 8.42 Å². The third-order valence-corrected chi connectivity index (χ3v) is 7.24. The van der Waals surface area contributed by atoms with Gasteiger partial charge in [0, 0.05) is 25.2 Å². The van der Waals surface area contributed by atoms with E-state index in [1.165, 1.54) is 0 Å². The van der Waals surface area contributed by atoms with E-state index in [0.717, 1.165) is 36.3 Å². The molecule has 3 aromatic carbocycles. The van der Waals surface area contributed by atoms with E-state index in [9.17, 15) is 8.42 Å². The van der Waals surface area contributed by atoms with Gasteiger partial charge >= 0.3 is 0 Å². The van der Waals surface area contributed by atoms with Crippen LogP contribution in [0.1, 0.15) is 26.3 Å². The van der Waals surface area contributed by atoms with Crippen LogP contribution in [0.4, 0.5) is 5.69 Å². The number of nitrogens with one attached hydrogen (secondary N) is 2. The Morgan fingerprint density at radius 3 is 2.17 bits per heavy atom.